The number of nitrogens with zero attached hydrogens (tertiary/aromatic N) is 1. The van der Waals surface area contributed by atoms with E-state index in [9.17, 15) is 5.11 Å². The first kappa shape index (κ1) is 15.5. The van der Waals surface area contributed by atoms with Crippen molar-refractivity contribution in [3.63, 3.8) is 0 Å². The minimum Gasteiger partial charge on any atom is -0.395 e. The van der Waals surface area contributed by atoms with Crippen molar-refractivity contribution in [1.82, 2.24) is 5.32 Å². The van der Waals surface area contributed by atoms with E-state index in [0.29, 0.717) is 0 Å². The van der Waals surface area contributed by atoms with Gasteiger partial charge in [0.2, 0.25) is 0 Å². The van der Waals surface area contributed by atoms with Crippen LogP contribution in [0.15, 0.2) is 54.6 Å². The van der Waals surface area contributed by atoms with Gasteiger partial charge in [0.15, 0.2) is 0 Å². The van der Waals surface area contributed by atoms with E-state index in [4.69, 9.17) is 0 Å². The molecule has 0 bridgehead atoms. The number of nitrogens with one attached hydrogen (secondary N) is 1. The fourth-order valence-corrected chi connectivity index (χ4v) is 2.27. The molecule has 2 rings (SSSR count). The topological polar surface area (TPSA) is 35.5 Å². The van der Waals surface area contributed by atoms with Crippen molar-refractivity contribution >= 4 is 5.69 Å². The maximum atomic E-state index is 9.51. The number of aliphatic hydroxyl groups excluding tert-OH is 1. The number of benzene rings is 2. The first-order chi connectivity index (χ1) is 10.2. The van der Waals surface area contributed by atoms with Crippen LogP contribution in [0.1, 0.15) is 11.1 Å². The summed E-state index contributed by atoms with van der Waals surface area (Å²) in [5, 5.41) is 12.9. The Kier molecular flexibility index (Phi) is 5.78. The second-order valence-electron chi connectivity index (χ2n) is 5.51. The number of aliphatic hydroxyl groups is 1. The molecule has 0 saturated carbocycles. The molecular weight excluding hydrogens is 260 g/mol. The monoisotopic (exact) mass is 284 g/mol. The zero-order valence-electron chi connectivity index (χ0n) is 12.8. The van der Waals surface area contributed by atoms with Crippen LogP contribution in [0.5, 0.6) is 0 Å². The molecule has 0 unspecified atom stereocenters. The second kappa shape index (κ2) is 7.81. The smallest absolute Gasteiger partial charge is 0.0587 e. The Balaban J connectivity index is 1.88. The molecule has 21 heavy (non-hydrogen) atoms. The van der Waals surface area contributed by atoms with Crippen molar-refractivity contribution in [1.29, 1.82) is 0 Å². The van der Waals surface area contributed by atoms with Gasteiger partial charge in [-0.2, -0.15) is 0 Å². The first-order valence-corrected chi connectivity index (χ1v) is 7.33. The van der Waals surface area contributed by atoms with Crippen molar-refractivity contribution in [2.24, 2.45) is 0 Å². The molecular formula is C18H24N2O. The standard InChI is InChI=1S/C18H24N2O/c1-20(2)18-10-8-16(9-11-18)13-19-17(14-21)12-15-6-4-3-5-7-15/h3-11,17,19,21H,12-14H2,1-2H3/t17-/m1/s1. The predicted molar refractivity (Wildman–Crippen MR) is 88.6 cm³/mol. The number of hydrogen-bond acceptors (Lipinski definition) is 3. The Bertz CT molecular complexity index is 523. The zero-order chi connectivity index (χ0) is 15.1. The summed E-state index contributed by atoms with van der Waals surface area (Å²) in [7, 11) is 4.07. The van der Waals surface area contributed by atoms with Crippen LogP contribution in [-0.2, 0) is 13.0 Å². The highest BCUT2D eigenvalue weighted by atomic mass is 16.3. The minimum atomic E-state index is 0.0842. The molecule has 2 aromatic rings. The first-order valence-electron chi connectivity index (χ1n) is 7.33. The van der Waals surface area contributed by atoms with Crippen LogP contribution < -0.4 is 10.2 Å². The van der Waals surface area contributed by atoms with E-state index in [0.717, 1.165) is 13.0 Å². The third-order valence-electron chi connectivity index (χ3n) is 3.59. The molecule has 0 spiro atoms. The maximum absolute atomic E-state index is 9.51. The summed E-state index contributed by atoms with van der Waals surface area (Å²) < 4.78 is 0. The molecule has 0 fully saturated rings. The number of rotatable bonds is 7. The van der Waals surface area contributed by atoms with E-state index in [1.54, 1.807) is 0 Å². The average molecular weight is 284 g/mol. The molecule has 3 nitrogen and oxygen atoms in total. The largest absolute Gasteiger partial charge is 0.395 e. The molecule has 0 heterocycles. The van der Waals surface area contributed by atoms with E-state index in [1.165, 1.54) is 16.8 Å². The van der Waals surface area contributed by atoms with Crippen molar-refractivity contribution in [2.45, 2.75) is 19.0 Å². The average Bonchev–Trinajstić information content (AvgIpc) is 2.52. The van der Waals surface area contributed by atoms with Crippen molar-refractivity contribution < 1.29 is 5.11 Å². The Labute approximate surface area is 127 Å². The lowest BCUT2D eigenvalue weighted by Gasteiger charge is -2.17. The normalized spacial score (nSPS) is 12.1. The highest BCUT2D eigenvalue weighted by Crippen LogP contribution is 2.12. The van der Waals surface area contributed by atoms with Gasteiger partial charge in [0.1, 0.15) is 0 Å². The Morgan fingerprint density at radius 1 is 0.952 bits per heavy atom. The van der Waals surface area contributed by atoms with Crippen molar-refractivity contribution in [2.75, 3.05) is 25.6 Å². The van der Waals surface area contributed by atoms with Crippen molar-refractivity contribution in [3.05, 3.63) is 65.7 Å². The van der Waals surface area contributed by atoms with Gasteiger partial charge in [0, 0.05) is 32.4 Å². The minimum absolute atomic E-state index is 0.0842. The Morgan fingerprint density at radius 2 is 1.62 bits per heavy atom. The molecule has 0 radical (unpaired) electrons. The molecule has 0 aromatic heterocycles. The molecule has 112 valence electrons. The summed E-state index contributed by atoms with van der Waals surface area (Å²) >= 11 is 0. The van der Waals surface area contributed by atoms with E-state index in [1.807, 2.05) is 32.3 Å². The molecule has 0 aliphatic heterocycles. The summed E-state index contributed by atoms with van der Waals surface area (Å²) in [5.41, 5.74) is 3.67. The Hall–Kier alpha value is -1.84. The zero-order valence-corrected chi connectivity index (χ0v) is 12.8. The lowest BCUT2D eigenvalue weighted by molar-refractivity contribution is 0.241. The molecule has 0 aliphatic carbocycles. The van der Waals surface area contributed by atoms with Gasteiger partial charge in [0.25, 0.3) is 0 Å². The Morgan fingerprint density at radius 3 is 2.19 bits per heavy atom. The van der Waals surface area contributed by atoms with Crippen LogP contribution >= 0.6 is 0 Å². The lowest BCUT2D eigenvalue weighted by Crippen LogP contribution is -2.34. The molecule has 0 amide bonds. The summed E-state index contributed by atoms with van der Waals surface area (Å²) in [6, 6.07) is 18.8. The van der Waals surface area contributed by atoms with Crippen molar-refractivity contribution in [3.8, 4) is 0 Å². The third kappa shape index (κ3) is 4.88. The van der Waals surface area contributed by atoms with Gasteiger partial charge in [-0.05, 0) is 29.7 Å². The van der Waals surface area contributed by atoms with Crippen LogP contribution in [0.4, 0.5) is 5.69 Å². The molecule has 0 aliphatic rings. The van der Waals surface area contributed by atoms with Crippen LogP contribution in [0.25, 0.3) is 0 Å². The van der Waals surface area contributed by atoms with Crippen LogP contribution in [0.2, 0.25) is 0 Å². The number of hydrogen-bond donors (Lipinski definition) is 2. The van der Waals surface area contributed by atoms with E-state index in [-0.39, 0.29) is 12.6 Å². The van der Waals surface area contributed by atoms with Gasteiger partial charge >= 0.3 is 0 Å². The molecule has 3 heteroatoms. The van der Waals surface area contributed by atoms with Gasteiger partial charge in [-0.3, -0.25) is 0 Å². The summed E-state index contributed by atoms with van der Waals surface area (Å²) in [4.78, 5) is 2.09. The molecule has 2 N–H and O–H groups in total. The fraction of sp³-hybridized carbons (Fsp3) is 0.333. The van der Waals surface area contributed by atoms with Gasteiger partial charge in [0.05, 0.1) is 6.61 Å². The summed E-state index contributed by atoms with van der Waals surface area (Å²) in [6.45, 7) is 0.913. The second-order valence-corrected chi connectivity index (χ2v) is 5.51. The highest BCUT2D eigenvalue weighted by Gasteiger charge is 2.07. The van der Waals surface area contributed by atoms with Crippen LogP contribution in [0.3, 0.4) is 0 Å². The molecule has 2 aromatic carbocycles. The van der Waals surface area contributed by atoms with Gasteiger partial charge in [-0.15, -0.1) is 0 Å². The lowest BCUT2D eigenvalue weighted by atomic mass is 10.1. The predicted octanol–water partition coefficient (Wildman–Crippen LogP) is 2.45. The summed E-state index contributed by atoms with van der Waals surface area (Å²) in [5.74, 6) is 0. The molecule has 1 atom stereocenters. The van der Waals surface area contributed by atoms with E-state index in [2.05, 4.69) is 46.6 Å². The van der Waals surface area contributed by atoms with Crippen LogP contribution in [-0.4, -0.2) is 31.9 Å². The fourth-order valence-electron chi connectivity index (χ4n) is 2.27. The van der Waals surface area contributed by atoms with Gasteiger partial charge in [-0.25, -0.2) is 0 Å². The van der Waals surface area contributed by atoms with Gasteiger partial charge in [-0.1, -0.05) is 42.5 Å². The van der Waals surface area contributed by atoms with E-state index >= 15 is 0 Å². The van der Waals surface area contributed by atoms with Crippen LogP contribution in [0, 0.1) is 0 Å². The number of anilines is 1. The summed E-state index contributed by atoms with van der Waals surface area (Å²) in [6.07, 6.45) is 0.840. The van der Waals surface area contributed by atoms with E-state index < -0.39 is 0 Å². The quantitative estimate of drug-likeness (QED) is 0.820. The third-order valence-corrected chi connectivity index (χ3v) is 3.59. The molecule has 0 saturated heterocycles. The maximum Gasteiger partial charge on any atom is 0.0587 e. The van der Waals surface area contributed by atoms with Gasteiger partial charge < -0.3 is 15.3 Å². The SMILES string of the molecule is CN(C)c1ccc(CN[C@@H](CO)Cc2ccccc2)cc1. The highest BCUT2D eigenvalue weighted by molar-refractivity contribution is 5.45.